The normalized spacial score (nSPS) is 13.5. The van der Waals surface area contributed by atoms with Crippen LogP contribution in [0.5, 0.6) is 0 Å². The van der Waals surface area contributed by atoms with Crippen molar-refractivity contribution in [1.82, 2.24) is 20.2 Å². The van der Waals surface area contributed by atoms with E-state index >= 15 is 0 Å². The van der Waals surface area contributed by atoms with Gasteiger partial charge >= 0.3 is 0 Å². The van der Waals surface area contributed by atoms with Crippen LogP contribution >= 0.6 is 24.8 Å². The molecule has 0 unspecified atom stereocenters. The Bertz CT molecular complexity index is 419. The van der Waals surface area contributed by atoms with Gasteiger partial charge in [0.15, 0.2) is 0 Å². The predicted octanol–water partition coefficient (Wildman–Crippen LogP) is 2.00. The van der Waals surface area contributed by atoms with Crippen LogP contribution in [-0.4, -0.2) is 28.5 Å². The van der Waals surface area contributed by atoms with Crippen LogP contribution in [0.1, 0.15) is 32.5 Å². The van der Waals surface area contributed by atoms with E-state index in [9.17, 15) is 4.79 Å². The fraction of sp³-hybridized carbons (Fsp3) is 0.714. The first-order valence-electron chi connectivity index (χ1n) is 7.12. The predicted molar refractivity (Wildman–Crippen MR) is 89.0 cm³/mol. The molecule has 0 spiro atoms. The van der Waals surface area contributed by atoms with Crippen LogP contribution < -0.4 is 10.6 Å². The fourth-order valence-corrected chi connectivity index (χ4v) is 2.02. The Kier molecular flexibility index (Phi) is 9.66. The molecule has 1 aliphatic rings. The molecule has 1 saturated carbocycles. The standard InChI is InChI=1S/C14H24N4O.2ClH/c1-11(2)10-18-6-5-16-13(18)8-17-14(19)9-15-7-12-3-4-12;;/h5-6,11-12,15H,3-4,7-10H2,1-2H3,(H,17,19);2*1H. The van der Waals surface area contributed by atoms with Crippen molar-refractivity contribution in [3.8, 4) is 0 Å². The highest BCUT2D eigenvalue weighted by molar-refractivity contribution is 5.85. The second kappa shape index (κ2) is 10.0. The molecule has 2 rings (SSSR count). The quantitative estimate of drug-likeness (QED) is 0.763. The van der Waals surface area contributed by atoms with Gasteiger partial charge in [-0.2, -0.15) is 0 Å². The molecule has 0 bridgehead atoms. The van der Waals surface area contributed by atoms with Gasteiger partial charge in [0.25, 0.3) is 0 Å². The summed E-state index contributed by atoms with van der Waals surface area (Å²) in [6.45, 7) is 7.15. The van der Waals surface area contributed by atoms with Crippen LogP contribution in [0, 0.1) is 11.8 Å². The molecule has 1 aliphatic carbocycles. The lowest BCUT2D eigenvalue weighted by Crippen LogP contribution is -2.35. The first-order valence-corrected chi connectivity index (χ1v) is 7.12. The van der Waals surface area contributed by atoms with E-state index in [0.29, 0.717) is 19.0 Å². The Hall–Kier alpha value is -0.780. The Labute approximate surface area is 139 Å². The molecular weight excluding hydrogens is 311 g/mol. The van der Waals surface area contributed by atoms with E-state index in [-0.39, 0.29) is 30.7 Å². The van der Waals surface area contributed by atoms with Gasteiger partial charge in [0.1, 0.15) is 5.82 Å². The molecule has 0 aromatic carbocycles. The summed E-state index contributed by atoms with van der Waals surface area (Å²) < 4.78 is 2.10. The van der Waals surface area contributed by atoms with E-state index in [1.165, 1.54) is 12.8 Å². The third kappa shape index (κ3) is 7.69. The molecule has 2 N–H and O–H groups in total. The van der Waals surface area contributed by atoms with Gasteiger partial charge in [-0.3, -0.25) is 4.79 Å². The Morgan fingerprint density at radius 3 is 2.76 bits per heavy atom. The van der Waals surface area contributed by atoms with Crippen molar-refractivity contribution in [3.63, 3.8) is 0 Å². The largest absolute Gasteiger partial charge is 0.348 e. The van der Waals surface area contributed by atoms with Gasteiger partial charge in [-0.15, -0.1) is 24.8 Å². The number of carbonyl (C=O) groups excluding carboxylic acids is 1. The average molecular weight is 337 g/mol. The second-order valence-electron chi connectivity index (χ2n) is 5.74. The lowest BCUT2D eigenvalue weighted by atomic mass is 10.2. The first kappa shape index (κ1) is 20.2. The van der Waals surface area contributed by atoms with Crippen LogP contribution in [0.25, 0.3) is 0 Å². The minimum absolute atomic E-state index is 0. The number of halogens is 2. The van der Waals surface area contributed by atoms with Crippen molar-refractivity contribution in [2.24, 2.45) is 11.8 Å². The SMILES string of the molecule is CC(C)Cn1ccnc1CNC(=O)CNCC1CC1.Cl.Cl. The summed E-state index contributed by atoms with van der Waals surface area (Å²) in [6, 6.07) is 0. The topological polar surface area (TPSA) is 59.0 Å². The monoisotopic (exact) mass is 336 g/mol. The van der Waals surface area contributed by atoms with Crippen LogP contribution in [0.2, 0.25) is 0 Å². The van der Waals surface area contributed by atoms with Gasteiger partial charge in [-0.05, 0) is 31.2 Å². The number of hydrogen-bond donors (Lipinski definition) is 2. The van der Waals surface area contributed by atoms with Gasteiger partial charge < -0.3 is 15.2 Å². The summed E-state index contributed by atoms with van der Waals surface area (Å²) in [5, 5.41) is 6.09. The zero-order valence-corrected chi connectivity index (χ0v) is 14.3. The number of rotatable bonds is 8. The molecule has 0 radical (unpaired) electrons. The van der Waals surface area contributed by atoms with Gasteiger partial charge in [0.05, 0.1) is 13.1 Å². The van der Waals surface area contributed by atoms with Gasteiger partial charge in [0, 0.05) is 18.9 Å². The zero-order valence-electron chi connectivity index (χ0n) is 12.7. The number of hydrogen-bond acceptors (Lipinski definition) is 3. The number of carbonyl (C=O) groups is 1. The Morgan fingerprint density at radius 1 is 1.43 bits per heavy atom. The van der Waals surface area contributed by atoms with E-state index in [0.717, 1.165) is 24.8 Å². The summed E-state index contributed by atoms with van der Waals surface area (Å²) in [5.41, 5.74) is 0. The molecule has 21 heavy (non-hydrogen) atoms. The molecule has 1 fully saturated rings. The van der Waals surface area contributed by atoms with Gasteiger partial charge in [0.2, 0.25) is 5.91 Å². The molecule has 1 aromatic heterocycles. The molecule has 7 heteroatoms. The average Bonchev–Trinajstić information content (AvgIpc) is 3.07. The van der Waals surface area contributed by atoms with Crippen molar-refractivity contribution in [2.45, 2.75) is 39.8 Å². The lowest BCUT2D eigenvalue weighted by molar-refractivity contribution is -0.120. The van der Waals surface area contributed by atoms with E-state index in [4.69, 9.17) is 0 Å². The molecule has 0 aliphatic heterocycles. The molecule has 122 valence electrons. The summed E-state index contributed by atoms with van der Waals surface area (Å²) in [4.78, 5) is 16.0. The van der Waals surface area contributed by atoms with Gasteiger partial charge in [-0.25, -0.2) is 4.98 Å². The summed E-state index contributed by atoms with van der Waals surface area (Å²) in [5.74, 6) is 2.34. The molecule has 1 heterocycles. The number of imidazole rings is 1. The Morgan fingerprint density at radius 2 is 2.14 bits per heavy atom. The van der Waals surface area contributed by atoms with Crippen LogP contribution in [-0.2, 0) is 17.9 Å². The molecular formula is C14H26Cl2N4O. The molecule has 5 nitrogen and oxygen atoms in total. The summed E-state index contributed by atoms with van der Waals surface area (Å²) in [7, 11) is 0. The lowest BCUT2D eigenvalue weighted by Gasteiger charge is -2.11. The maximum Gasteiger partial charge on any atom is 0.234 e. The highest BCUT2D eigenvalue weighted by atomic mass is 35.5. The highest BCUT2D eigenvalue weighted by Crippen LogP contribution is 2.27. The van der Waals surface area contributed by atoms with Crippen molar-refractivity contribution in [1.29, 1.82) is 0 Å². The minimum atomic E-state index is 0. The van der Waals surface area contributed by atoms with Crippen molar-refractivity contribution in [3.05, 3.63) is 18.2 Å². The van der Waals surface area contributed by atoms with Crippen LogP contribution in [0.4, 0.5) is 0 Å². The first-order chi connectivity index (χ1) is 9.15. The summed E-state index contributed by atoms with van der Waals surface area (Å²) >= 11 is 0. The number of nitrogens with zero attached hydrogens (tertiary/aromatic N) is 2. The fourth-order valence-electron chi connectivity index (χ4n) is 2.02. The smallest absolute Gasteiger partial charge is 0.234 e. The third-order valence-electron chi connectivity index (χ3n) is 3.22. The molecule has 1 aromatic rings. The van der Waals surface area contributed by atoms with E-state index in [1.807, 2.05) is 6.20 Å². The minimum Gasteiger partial charge on any atom is -0.348 e. The molecule has 0 saturated heterocycles. The summed E-state index contributed by atoms with van der Waals surface area (Å²) in [6.07, 6.45) is 6.37. The van der Waals surface area contributed by atoms with Crippen molar-refractivity contribution in [2.75, 3.05) is 13.1 Å². The van der Waals surface area contributed by atoms with E-state index in [2.05, 4.69) is 34.0 Å². The van der Waals surface area contributed by atoms with Crippen molar-refractivity contribution < 1.29 is 4.79 Å². The number of nitrogens with one attached hydrogen (secondary N) is 2. The number of amides is 1. The zero-order chi connectivity index (χ0) is 13.7. The molecule has 1 amide bonds. The molecule has 0 atom stereocenters. The van der Waals surface area contributed by atoms with Crippen molar-refractivity contribution >= 4 is 30.7 Å². The maximum absolute atomic E-state index is 11.7. The highest BCUT2D eigenvalue weighted by Gasteiger charge is 2.20. The second-order valence-corrected chi connectivity index (χ2v) is 5.74. The number of aromatic nitrogens is 2. The van der Waals surface area contributed by atoms with Gasteiger partial charge in [-0.1, -0.05) is 13.8 Å². The third-order valence-corrected chi connectivity index (χ3v) is 3.22. The van der Waals surface area contributed by atoms with E-state index < -0.39 is 0 Å². The van der Waals surface area contributed by atoms with Crippen LogP contribution in [0.15, 0.2) is 12.4 Å². The van der Waals surface area contributed by atoms with Crippen LogP contribution in [0.3, 0.4) is 0 Å². The van der Waals surface area contributed by atoms with E-state index in [1.54, 1.807) is 6.20 Å². The Balaban J connectivity index is 0.00000200. The maximum atomic E-state index is 11.7.